The number of benzene rings is 3. The second-order valence-corrected chi connectivity index (χ2v) is 7.93. The van der Waals surface area contributed by atoms with Gasteiger partial charge >= 0.3 is 0 Å². The molecule has 0 amide bonds. The minimum absolute atomic E-state index is 0. The Morgan fingerprint density at radius 2 is 0.818 bits per heavy atom. The zero-order valence-corrected chi connectivity index (χ0v) is 14.9. The van der Waals surface area contributed by atoms with Crippen molar-refractivity contribution < 1.29 is 21.5 Å². The van der Waals surface area contributed by atoms with Gasteiger partial charge in [-0.3, -0.25) is 0 Å². The molecule has 0 spiro atoms. The van der Waals surface area contributed by atoms with Crippen LogP contribution < -0.4 is 32.9 Å². The van der Waals surface area contributed by atoms with Crippen LogP contribution in [0.25, 0.3) is 0 Å². The first kappa shape index (κ1) is 16.9. The molecule has 3 heteroatoms. The maximum absolute atomic E-state index is 6.21. The summed E-state index contributed by atoms with van der Waals surface area (Å²) in [7, 11) is -0.214. The van der Waals surface area contributed by atoms with Gasteiger partial charge in [-0.25, -0.2) is 4.52 Å². The molecule has 112 valence electrons. The van der Waals surface area contributed by atoms with Gasteiger partial charge < -0.3 is 17.0 Å². The van der Waals surface area contributed by atoms with Gasteiger partial charge in [0.15, 0.2) is 0 Å². The monoisotopic (exact) mass is 372 g/mol. The number of hydrogen-bond donors (Lipinski definition) is 0. The van der Waals surface area contributed by atoms with E-state index in [0.29, 0.717) is 0 Å². The summed E-state index contributed by atoms with van der Waals surface area (Å²) in [6.07, 6.45) is 0. The van der Waals surface area contributed by atoms with Gasteiger partial charge in [0, 0.05) is 0 Å². The predicted molar refractivity (Wildman–Crippen MR) is 92.2 cm³/mol. The van der Waals surface area contributed by atoms with E-state index in [-0.39, 0.29) is 17.0 Å². The Labute approximate surface area is 143 Å². The van der Waals surface area contributed by atoms with Crippen LogP contribution in [0.4, 0.5) is 0 Å². The van der Waals surface area contributed by atoms with E-state index in [0.717, 1.165) is 0 Å². The van der Waals surface area contributed by atoms with Crippen molar-refractivity contribution >= 4 is 23.4 Å². The summed E-state index contributed by atoms with van der Waals surface area (Å²) < 4.78 is 6.21. The fourth-order valence-corrected chi connectivity index (χ4v) is 5.98. The molecule has 0 aliphatic carbocycles. The highest BCUT2D eigenvalue weighted by Crippen LogP contribution is 2.55. The van der Waals surface area contributed by atoms with E-state index in [1.165, 1.54) is 15.9 Å². The van der Waals surface area contributed by atoms with Crippen molar-refractivity contribution in [1.29, 1.82) is 0 Å². The molecule has 0 atom stereocenters. The van der Waals surface area contributed by atoms with E-state index in [9.17, 15) is 0 Å². The lowest BCUT2D eigenvalue weighted by atomic mass is 10.4. The molecule has 0 aromatic heterocycles. The number of rotatable bonds is 4. The van der Waals surface area contributed by atoms with Gasteiger partial charge in [0.05, 0.1) is 7.11 Å². The van der Waals surface area contributed by atoms with E-state index in [4.69, 9.17) is 4.52 Å². The second-order valence-electron chi connectivity index (χ2n) is 4.80. The molecule has 0 heterocycles. The van der Waals surface area contributed by atoms with Gasteiger partial charge in [-0.05, 0) is 36.4 Å². The molecule has 3 aromatic carbocycles. The molecule has 22 heavy (non-hydrogen) atoms. The van der Waals surface area contributed by atoms with Crippen LogP contribution in [-0.4, -0.2) is 7.11 Å². The third kappa shape index (κ3) is 3.01. The Bertz CT molecular complexity index is 590. The van der Waals surface area contributed by atoms with E-state index >= 15 is 0 Å². The molecule has 0 aliphatic heterocycles. The van der Waals surface area contributed by atoms with Crippen molar-refractivity contribution in [1.82, 2.24) is 0 Å². The minimum atomic E-state index is -2.03. The normalized spacial score (nSPS) is 10.8. The van der Waals surface area contributed by atoms with Crippen molar-refractivity contribution in [3.8, 4) is 0 Å². The van der Waals surface area contributed by atoms with Crippen molar-refractivity contribution in [2.24, 2.45) is 0 Å². The third-order valence-corrected chi connectivity index (χ3v) is 7.26. The molecule has 0 saturated carbocycles. The first-order valence-corrected chi connectivity index (χ1v) is 8.70. The molecule has 0 aliphatic rings. The Hall–Kier alpha value is -1.47. The third-order valence-electron chi connectivity index (χ3n) is 3.63. The van der Waals surface area contributed by atoms with Crippen molar-refractivity contribution in [2.75, 3.05) is 7.11 Å². The average Bonchev–Trinajstić information content (AvgIpc) is 2.59. The first-order valence-electron chi connectivity index (χ1n) is 6.99. The summed E-state index contributed by atoms with van der Waals surface area (Å²) in [6, 6.07) is 31.6. The standard InChI is InChI=1S/C19H18OP.BrH/c1-20-21(17-11-5-2-6-12-17,18-13-7-3-8-14-18)19-15-9-4-10-16-19;/h2-16H,1H3;1H/q+1;/p-1. The first-order chi connectivity index (χ1) is 10.4. The van der Waals surface area contributed by atoms with Crippen molar-refractivity contribution in [3.63, 3.8) is 0 Å². The molecule has 1 nitrogen and oxygen atoms in total. The summed E-state index contributed by atoms with van der Waals surface area (Å²) in [4.78, 5) is 0. The maximum atomic E-state index is 6.21. The van der Waals surface area contributed by atoms with Crippen LogP contribution in [0, 0.1) is 0 Å². The topological polar surface area (TPSA) is 9.23 Å². The lowest BCUT2D eigenvalue weighted by Crippen LogP contribution is -3.00. The van der Waals surface area contributed by atoms with Crippen molar-refractivity contribution in [3.05, 3.63) is 91.0 Å². The largest absolute Gasteiger partial charge is 1.00 e. The van der Waals surface area contributed by atoms with Crippen LogP contribution in [0.1, 0.15) is 0 Å². The molecule has 0 saturated heterocycles. The maximum Gasteiger partial charge on any atom is 0.241 e. The fourth-order valence-electron chi connectivity index (χ4n) is 2.68. The van der Waals surface area contributed by atoms with Crippen molar-refractivity contribution in [2.45, 2.75) is 0 Å². The zero-order chi connectivity index (χ0) is 14.5. The van der Waals surface area contributed by atoms with E-state index < -0.39 is 7.49 Å². The summed E-state index contributed by atoms with van der Waals surface area (Å²) >= 11 is 0. The average molecular weight is 373 g/mol. The van der Waals surface area contributed by atoms with Crippen LogP contribution >= 0.6 is 7.49 Å². The molecule has 3 aromatic rings. The van der Waals surface area contributed by atoms with Crippen LogP contribution in [0.2, 0.25) is 0 Å². The highest BCUT2D eigenvalue weighted by atomic mass is 79.9. The molecule has 0 N–H and O–H groups in total. The van der Waals surface area contributed by atoms with E-state index in [1.807, 2.05) is 25.3 Å². The van der Waals surface area contributed by atoms with Crippen LogP contribution in [-0.2, 0) is 4.52 Å². The van der Waals surface area contributed by atoms with Gasteiger partial charge in [-0.2, -0.15) is 0 Å². The van der Waals surface area contributed by atoms with Crippen LogP contribution in [0.15, 0.2) is 91.0 Å². The van der Waals surface area contributed by atoms with Crippen LogP contribution in [0.3, 0.4) is 0 Å². The Balaban J connectivity index is 0.00000176. The van der Waals surface area contributed by atoms with Gasteiger partial charge in [0.1, 0.15) is 15.9 Å². The zero-order valence-electron chi connectivity index (χ0n) is 12.4. The Morgan fingerprint density at radius 3 is 1.05 bits per heavy atom. The summed E-state index contributed by atoms with van der Waals surface area (Å²) in [5, 5.41) is 3.72. The Kier molecular flexibility index (Phi) is 5.90. The molecular weight excluding hydrogens is 355 g/mol. The minimum Gasteiger partial charge on any atom is -1.00 e. The molecule has 0 unspecified atom stereocenters. The molecule has 0 bridgehead atoms. The Morgan fingerprint density at radius 1 is 0.545 bits per heavy atom. The fraction of sp³-hybridized carbons (Fsp3) is 0.0526. The highest BCUT2D eigenvalue weighted by Gasteiger charge is 2.46. The number of hydrogen-bond acceptors (Lipinski definition) is 1. The number of halogens is 1. The second kappa shape index (κ2) is 7.69. The van der Waals surface area contributed by atoms with Gasteiger partial charge in [0.25, 0.3) is 0 Å². The smallest absolute Gasteiger partial charge is 0.241 e. The summed E-state index contributed by atoms with van der Waals surface area (Å²) in [5.74, 6) is 0. The molecule has 3 rings (SSSR count). The van der Waals surface area contributed by atoms with Gasteiger partial charge in [-0.15, -0.1) is 0 Å². The summed E-state index contributed by atoms with van der Waals surface area (Å²) in [5.41, 5.74) is 0. The predicted octanol–water partition coefficient (Wildman–Crippen LogP) is 0.546. The van der Waals surface area contributed by atoms with Gasteiger partial charge in [0.2, 0.25) is 7.49 Å². The van der Waals surface area contributed by atoms with Gasteiger partial charge in [-0.1, -0.05) is 54.6 Å². The SMILES string of the molecule is CO[P+](c1ccccc1)(c1ccccc1)c1ccccc1.[Br-]. The molecule has 0 fully saturated rings. The lowest BCUT2D eigenvalue weighted by molar-refractivity contribution is -0.00000448. The quantitative estimate of drug-likeness (QED) is 0.607. The summed E-state index contributed by atoms with van der Waals surface area (Å²) in [6.45, 7) is 0. The van der Waals surface area contributed by atoms with E-state index in [2.05, 4.69) is 72.8 Å². The molecular formula is C19H18BrOP. The van der Waals surface area contributed by atoms with Crippen LogP contribution in [0.5, 0.6) is 0 Å². The molecule has 0 radical (unpaired) electrons. The van der Waals surface area contributed by atoms with E-state index in [1.54, 1.807) is 0 Å². The highest BCUT2D eigenvalue weighted by molar-refractivity contribution is 7.91. The lowest BCUT2D eigenvalue weighted by Gasteiger charge is -2.23.